The van der Waals surface area contributed by atoms with E-state index < -0.39 is 10.0 Å². The summed E-state index contributed by atoms with van der Waals surface area (Å²) in [5.41, 5.74) is 2.55. The molecule has 2 N–H and O–H groups in total. The van der Waals surface area contributed by atoms with Crippen molar-refractivity contribution in [2.45, 2.75) is 6.54 Å². The van der Waals surface area contributed by atoms with Gasteiger partial charge in [0.25, 0.3) is 0 Å². The van der Waals surface area contributed by atoms with Crippen LogP contribution in [0.3, 0.4) is 0 Å². The molecular weight excluding hydrogens is 262 g/mol. The van der Waals surface area contributed by atoms with Gasteiger partial charge in [-0.2, -0.15) is 0 Å². The molecule has 6 heteroatoms. The van der Waals surface area contributed by atoms with Gasteiger partial charge in [0.2, 0.25) is 10.0 Å². The normalized spacial score (nSPS) is 11.0. The number of nitrogens with zero attached hydrogens (tertiary/aromatic N) is 1. The van der Waals surface area contributed by atoms with Crippen molar-refractivity contribution >= 4 is 21.4 Å². The van der Waals surface area contributed by atoms with Gasteiger partial charge in [0.05, 0.1) is 6.26 Å². The smallest absolute Gasteiger partial charge is 0.229 e. The largest absolute Gasteiger partial charge is 0.381 e. The average molecular weight is 277 g/mol. The van der Waals surface area contributed by atoms with E-state index in [2.05, 4.69) is 15.0 Å². The predicted octanol–water partition coefficient (Wildman–Crippen LogP) is 2.07. The minimum atomic E-state index is -3.22. The maximum absolute atomic E-state index is 11.1. The Hall–Kier alpha value is -2.08. The van der Waals surface area contributed by atoms with E-state index in [-0.39, 0.29) is 0 Å². The van der Waals surface area contributed by atoms with Crippen molar-refractivity contribution in [2.75, 3.05) is 16.3 Å². The molecule has 0 amide bonds. The highest BCUT2D eigenvalue weighted by Crippen LogP contribution is 2.15. The molecule has 0 fully saturated rings. The van der Waals surface area contributed by atoms with Gasteiger partial charge in [0.1, 0.15) is 0 Å². The number of rotatable bonds is 5. The highest BCUT2D eigenvalue weighted by molar-refractivity contribution is 7.92. The van der Waals surface area contributed by atoms with E-state index in [4.69, 9.17) is 0 Å². The van der Waals surface area contributed by atoms with Gasteiger partial charge in [0.15, 0.2) is 0 Å². The first kappa shape index (κ1) is 13.4. The van der Waals surface area contributed by atoms with E-state index in [0.717, 1.165) is 17.5 Å². The minimum Gasteiger partial charge on any atom is -0.381 e. The van der Waals surface area contributed by atoms with Crippen LogP contribution in [0, 0.1) is 0 Å². The number of nitrogens with one attached hydrogen (secondary N) is 2. The Morgan fingerprint density at radius 2 is 1.79 bits per heavy atom. The molecule has 100 valence electrons. The standard InChI is InChI=1S/C13H15N3O2S/c1-19(17,18)16-13-6-4-12(5-7-13)15-10-11-3-2-8-14-9-11/h2-9,15-16H,10H2,1H3. The molecule has 19 heavy (non-hydrogen) atoms. The van der Waals surface area contributed by atoms with E-state index in [1.165, 1.54) is 0 Å². The number of pyridine rings is 1. The van der Waals surface area contributed by atoms with E-state index >= 15 is 0 Å². The molecule has 0 saturated heterocycles. The van der Waals surface area contributed by atoms with E-state index in [1.807, 2.05) is 24.3 Å². The molecular formula is C13H15N3O2S. The van der Waals surface area contributed by atoms with E-state index in [1.54, 1.807) is 24.5 Å². The second-order valence-electron chi connectivity index (χ2n) is 4.17. The summed E-state index contributed by atoms with van der Waals surface area (Å²) in [7, 11) is -3.22. The number of hydrogen-bond donors (Lipinski definition) is 2. The predicted molar refractivity (Wildman–Crippen MR) is 76.5 cm³/mol. The zero-order valence-corrected chi connectivity index (χ0v) is 11.3. The SMILES string of the molecule is CS(=O)(=O)Nc1ccc(NCc2cccnc2)cc1. The van der Waals surface area contributed by atoms with Gasteiger partial charge in [-0.25, -0.2) is 8.42 Å². The zero-order chi connectivity index (χ0) is 13.7. The van der Waals surface area contributed by atoms with Crippen LogP contribution in [0.2, 0.25) is 0 Å². The molecule has 0 saturated carbocycles. The summed E-state index contributed by atoms with van der Waals surface area (Å²) in [4.78, 5) is 4.03. The summed E-state index contributed by atoms with van der Waals surface area (Å²) in [5.74, 6) is 0. The number of benzene rings is 1. The lowest BCUT2D eigenvalue weighted by molar-refractivity contribution is 0.607. The van der Waals surface area contributed by atoms with Crippen molar-refractivity contribution in [3.8, 4) is 0 Å². The van der Waals surface area contributed by atoms with Crippen LogP contribution in [0.15, 0.2) is 48.8 Å². The molecule has 0 aliphatic carbocycles. The van der Waals surface area contributed by atoms with Gasteiger partial charge in [-0.1, -0.05) is 6.07 Å². The lowest BCUT2D eigenvalue weighted by Crippen LogP contribution is -2.09. The zero-order valence-electron chi connectivity index (χ0n) is 10.5. The first-order chi connectivity index (χ1) is 9.03. The molecule has 1 aromatic carbocycles. The Balaban J connectivity index is 1.96. The molecule has 2 rings (SSSR count). The van der Waals surface area contributed by atoms with Crippen LogP contribution in [-0.4, -0.2) is 19.7 Å². The first-order valence-corrected chi connectivity index (χ1v) is 7.63. The molecule has 0 aliphatic heterocycles. The summed E-state index contributed by atoms with van der Waals surface area (Å²) in [6.45, 7) is 0.673. The lowest BCUT2D eigenvalue weighted by atomic mass is 10.2. The minimum absolute atomic E-state index is 0.550. The fourth-order valence-corrected chi connectivity index (χ4v) is 2.14. The van der Waals surface area contributed by atoms with Crippen molar-refractivity contribution in [3.63, 3.8) is 0 Å². The van der Waals surface area contributed by atoms with Crippen LogP contribution in [0.1, 0.15) is 5.56 Å². The quantitative estimate of drug-likeness (QED) is 0.877. The van der Waals surface area contributed by atoms with Crippen LogP contribution in [-0.2, 0) is 16.6 Å². The molecule has 0 atom stereocenters. The van der Waals surface area contributed by atoms with Crippen LogP contribution < -0.4 is 10.0 Å². The highest BCUT2D eigenvalue weighted by atomic mass is 32.2. The van der Waals surface area contributed by atoms with Gasteiger partial charge in [-0.05, 0) is 35.9 Å². The van der Waals surface area contributed by atoms with Crippen molar-refractivity contribution < 1.29 is 8.42 Å². The highest BCUT2D eigenvalue weighted by Gasteiger charge is 2.01. The van der Waals surface area contributed by atoms with Gasteiger partial charge >= 0.3 is 0 Å². The molecule has 0 radical (unpaired) electrons. The summed E-state index contributed by atoms with van der Waals surface area (Å²) >= 11 is 0. The Labute approximate surface area is 112 Å². The van der Waals surface area contributed by atoms with Crippen LogP contribution in [0.4, 0.5) is 11.4 Å². The molecule has 0 spiro atoms. The van der Waals surface area contributed by atoms with Gasteiger partial charge in [-0.3, -0.25) is 9.71 Å². The van der Waals surface area contributed by atoms with Crippen molar-refractivity contribution in [3.05, 3.63) is 54.4 Å². The molecule has 1 aromatic heterocycles. The van der Waals surface area contributed by atoms with Crippen molar-refractivity contribution in [1.29, 1.82) is 0 Å². The molecule has 2 aromatic rings. The molecule has 1 heterocycles. The summed E-state index contributed by atoms with van der Waals surface area (Å²) in [6, 6.07) is 10.9. The van der Waals surface area contributed by atoms with Gasteiger partial charge in [-0.15, -0.1) is 0 Å². The topological polar surface area (TPSA) is 71.1 Å². The third-order valence-electron chi connectivity index (χ3n) is 2.41. The Kier molecular flexibility index (Phi) is 4.01. The second kappa shape index (κ2) is 5.71. The Morgan fingerprint density at radius 3 is 2.37 bits per heavy atom. The fraction of sp³-hybridized carbons (Fsp3) is 0.154. The Bertz CT molecular complexity index is 625. The lowest BCUT2D eigenvalue weighted by Gasteiger charge is -2.08. The summed E-state index contributed by atoms with van der Waals surface area (Å²) < 4.78 is 24.5. The molecule has 0 unspecified atom stereocenters. The van der Waals surface area contributed by atoms with Crippen LogP contribution in [0.5, 0.6) is 0 Å². The first-order valence-electron chi connectivity index (χ1n) is 5.73. The summed E-state index contributed by atoms with van der Waals surface area (Å²) in [6.07, 6.45) is 4.66. The number of anilines is 2. The van der Waals surface area contributed by atoms with Gasteiger partial charge < -0.3 is 5.32 Å². The molecule has 5 nitrogen and oxygen atoms in total. The van der Waals surface area contributed by atoms with E-state index in [9.17, 15) is 8.42 Å². The maximum atomic E-state index is 11.1. The summed E-state index contributed by atoms with van der Waals surface area (Å²) in [5, 5.41) is 3.23. The monoisotopic (exact) mass is 277 g/mol. The van der Waals surface area contributed by atoms with E-state index in [0.29, 0.717) is 12.2 Å². The maximum Gasteiger partial charge on any atom is 0.229 e. The molecule has 0 aliphatic rings. The number of hydrogen-bond acceptors (Lipinski definition) is 4. The molecule has 0 bridgehead atoms. The Morgan fingerprint density at radius 1 is 1.11 bits per heavy atom. The van der Waals surface area contributed by atoms with Crippen LogP contribution in [0.25, 0.3) is 0 Å². The third-order valence-corrected chi connectivity index (χ3v) is 3.01. The number of sulfonamides is 1. The number of aromatic nitrogens is 1. The van der Waals surface area contributed by atoms with Gasteiger partial charge in [0, 0.05) is 30.3 Å². The second-order valence-corrected chi connectivity index (χ2v) is 5.91. The average Bonchev–Trinajstić information content (AvgIpc) is 2.37. The fourth-order valence-electron chi connectivity index (χ4n) is 1.58. The van der Waals surface area contributed by atoms with Crippen molar-refractivity contribution in [1.82, 2.24) is 4.98 Å². The third kappa shape index (κ3) is 4.59. The van der Waals surface area contributed by atoms with Crippen LogP contribution >= 0.6 is 0 Å². The van der Waals surface area contributed by atoms with Crippen molar-refractivity contribution in [2.24, 2.45) is 0 Å².